The van der Waals surface area contributed by atoms with Crippen molar-refractivity contribution in [1.82, 2.24) is 50.8 Å². The summed E-state index contributed by atoms with van der Waals surface area (Å²) in [5.41, 5.74) is 3.32. The molecule has 3 rings (SSSR count). The molecular formula is C18H30N10. The molecule has 0 radical (unpaired) electrons. The predicted octanol–water partition coefficient (Wildman–Crippen LogP) is -0.173. The Balaban J connectivity index is 1.32. The van der Waals surface area contributed by atoms with E-state index in [1.54, 1.807) is 19.0 Å². The van der Waals surface area contributed by atoms with Gasteiger partial charge < -0.3 is 30.9 Å². The van der Waals surface area contributed by atoms with Crippen LogP contribution in [0.3, 0.4) is 0 Å². The monoisotopic (exact) mass is 386 g/mol. The van der Waals surface area contributed by atoms with E-state index in [4.69, 9.17) is 0 Å². The highest BCUT2D eigenvalue weighted by atomic mass is 15.2. The number of imidazole rings is 3. The van der Waals surface area contributed by atoms with Crippen LogP contribution in [0.1, 0.15) is 17.1 Å². The SMILES string of the molecule is c1ncc(CNCCN(CCNCc2cnc[nH]2)CCNCc2cnc[nH]2)[nH]1. The molecule has 0 aromatic carbocycles. The summed E-state index contributed by atoms with van der Waals surface area (Å²) >= 11 is 0. The van der Waals surface area contributed by atoms with Crippen LogP contribution in [0.2, 0.25) is 0 Å². The molecule has 0 bridgehead atoms. The Morgan fingerprint density at radius 3 is 1.25 bits per heavy atom. The summed E-state index contributed by atoms with van der Waals surface area (Å²) in [5, 5.41) is 10.4. The van der Waals surface area contributed by atoms with Crippen molar-refractivity contribution < 1.29 is 0 Å². The van der Waals surface area contributed by atoms with Crippen molar-refractivity contribution in [2.75, 3.05) is 39.3 Å². The smallest absolute Gasteiger partial charge is 0.0922 e. The van der Waals surface area contributed by atoms with Gasteiger partial charge in [0.2, 0.25) is 0 Å². The van der Waals surface area contributed by atoms with Crippen LogP contribution in [0.25, 0.3) is 0 Å². The second-order valence-corrected chi connectivity index (χ2v) is 6.60. The molecule has 0 fully saturated rings. The number of aromatic amines is 3. The zero-order chi connectivity index (χ0) is 19.3. The summed E-state index contributed by atoms with van der Waals surface area (Å²) in [5.74, 6) is 0. The highest BCUT2D eigenvalue weighted by Crippen LogP contribution is 1.93. The lowest BCUT2D eigenvalue weighted by Crippen LogP contribution is -2.40. The fourth-order valence-corrected chi connectivity index (χ4v) is 2.86. The molecule has 3 heterocycles. The van der Waals surface area contributed by atoms with Crippen molar-refractivity contribution >= 4 is 0 Å². The van der Waals surface area contributed by atoms with E-state index in [9.17, 15) is 0 Å². The third-order valence-corrected chi connectivity index (χ3v) is 4.43. The Hall–Kier alpha value is -2.53. The molecule has 0 saturated heterocycles. The maximum absolute atomic E-state index is 4.04. The van der Waals surface area contributed by atoms with E-state index in [1.807, 2.05) is 18.6 Å². The normalized spacial score (nSPS) is 11.5. The maximum Gasteiger partial charge on any atom is 0.0922 e. The van der Waals surface area contributed by atoms with E-state index in [2.05, 4.69) is 50.8 Å². The molecule has 6 N–H and O–H groups in total. The molecule has 10 heteroatoms. The molecule has 10 nitrogen and oxygen atoms in total. The summed E-state index contributed by atoms with van der Waals surface area (Å²) < 4.78 is 0. The van der Waals surface area contributed by atoms with Crippen LogP contribution in [0.15, 0.2) is 37.6 Å². The molecule has 3 aromatic heterocycles. The van der Waals surface area contributed by atoms with Gasteiger partial charge in [0.05, 0.1) is 19.0 Å². The van der Waals surface area contributed by atoms with E-state index >= 15 is 0 Å². The van der Waals surface area contributed by atoms with Crippen LogP contribution in [-0.2, 0) is 19.6 Å². The Bertz CT molecular complexity index is 607. The zero-order valence-electron chi connectivity index (χ0n) is 16.1. The minimum atomic E-state index is 0.810. The second kappa shape index (κ2) is 12.0. The van der Waals surface area contributed by atoms with E-state index < -0.39 is 0 Å². The zero-order valence-corrected chi connectivity index (χ0v) is 16.1. The third-order valence-electron chi connectivity index (χ3n) is 4.43. The van der Waals surface area contributed by atoms with Gasteiger partial charge in [-0.3, -0.25) is 4.90 Å². The molecule has 0 aliphatic carbocycles. The highest BCUT2D eigenvalue weighted by Gasteiger charge is 2.05. The summed E-state index contributed by atoms with van der Waals surface area (Å²) in [6, 6.07) is 0. The van der Waals surface area contributed by atoms with Crippen LogP contribution in [-0.4, -0.2) is 74.1 Å². The number of rotatable bonds is 15. The molecule has 152 valence electrons. The highest BCUT2D eigenvalue weighted by molar-refractivity contribution is 4.94. The van der Waals surface area contributed by atoms with Crippen molar-refractivity contribution in [3.8, 4) is 0 Å². The van der Waals surface area contributed by atoms with E-state index in [-0.39, 0.29) is 0 Å². The van der Waals surface area contributed by atoms with Gasteiger partial charge in [-0.25, -0.2) is 15.0 Å². The predicted molar refractivity (Wildman–Crippen MR) is 107 cm³/mol. The van der Waals surface area contributed by atoms with Crippen LogP contribution >= 0.6 is 0 Å². The standard InChI is InChI=1S/C18H30N10/c1(19-7-16-10-22-13-25-16)4-28(5-2-20-8-17-11-23-14-26-17)6-3-21-9-18-12-24-15-27-18/h10-15,19-21H,1-9H2,(H,22,25)(H,23,26)(H,24,27). The summed E-state index contributed by atoms with van der Waals surface area (Å²) in [7, 11) is 0. The van der Waals surface area contributed by atoms with Gasteiger partial charge in [-0.2, -0.15) is 0 Å². The van der Waals surface area contributed by atoms with Crippen molar-refractivity contribution in [3.63, 3.8) is 0 Å². The van der Waals surface area contributed by atoms with Gasteiger partial charge in [-0.1, -0.05) is 0 Å². The van der Waals surface area contributed by atoms with Gasteiger partial charge in [0.25, 0.3) is 0 Å². The van der Waals surface area contributed by atoms with Crippen LogP contribution < -0.4 is 16.0 Å². The molecule has 0 aliphatic heterocycles. The van der Waals surface area contributed by atoms with E-state index in [0.29, 0.717) is 0 Å². The minimum absolute atomic E-state index is 0.810. The van der Waals surface area contributed by atoms with Crippen molar-refractivity contribution in [3.05, 3.63) is 54.7 Å². The summed E-state index contributed by atoms with van der Waals surface area (Å²) in [6.07, 6.45) is 10.7. The second-order valence-electron chi connectivity index (χ2n) is 6.60. The molecule has 0 atom stereocenters. The lowest BCUT2D eigenvalue weighted by atomic mass is 10.4. The number of aromatic nitrogens is 6. The molecule has 0 aliphatic rings. The number of H-pyrrole nitrogens is 3. The molecule has 28 heavy (non-hydrogen) atoms. The van der Waals surface area contributed by atoms with E-state index in [0.717, 1.165) is 76.0 Å². The maximum atomic E-state index is 4.04. The molecule has 0 amide bonds. The van der Waals surface area contributed by atoms with Crippen molar-refractivity contribution in [2.24, 2.45) is 0 Å². The summed E-state index contributed by atoms with van der Waals surface area (Å²) in [4.78, 5) is 23.9. The first kappa shape index (κ1) is 20.2. The number of hydrogen-bond acceptors (Lipinski definition) is 7. The molecule has 0 spiro atoms. The van der Waals surface area contributed by atoms with Gasteiger partial charge >= 0.3 is 0 Å². The lowest BCUT2D eigenvalue weighted by Gasteiger charge is -2.23. The first-order chi connectivity index (χ1) is 13.9. The fraction of sp³-hybridized carbons (Fsp3) is 0.500. The topological polar surface area (TPSA) is 125 Å². The lowest BCUT2D eigenvalue weighted by molar-refractivity contribution is 0.271. The van der Waals surface area contributed by atoms with Gasteiger partial charge in [-0.15, -0.1) is 0 Å². The first-order valence-corrected chi connectivity index (χ1v) is 9.66. The Kier molecular flexibility index (Phi) is 8.69. The minimum Gasteiger partial charge on any atom is -0.347 e. The van der Waals surface area contributed by atoms with Gasteiger partial charge in [0.1, 0.15) is 0 Å². The van der Waals surface area contributed by atoms with Gasteiger partial charge in [-0.05, 0) is 0 Å². The first-order valence-electron chi connectivity index (χ1n) is 9.66. The van der Waals surface area contributed by atoms with Gasteiger partial charge in [0.15, 0.2) is 0 Å². The van der Waals surface area contributed by atoms with Crippen molar-refractivity contribution in [2.45, 2.75) is 19.6 Å². The van der Waals surface area contributed by atoms with Crippen LogP contribution in [0.4, 0.5) is 0 Å². The molecular weight excluding hydrogens is 356 g/mol. The largest absolute Gasteiger partial charge is 0.347 e. The van der Waals surface area contributed by atoms with Crippen LogP contribution in [0.5, 0.6) is 0 Å². The molecule has 0 unspecified atom stereocenters. The molecule has 0 saturated carbocycles. The summed E-state index contributed by atoms with van der Waals surface area (Å²) in [6.45, 7) is 8.20. The number of hydrogen-bond donors (Lipinski definition) is 6. The third kappa shape index (κ3) is 7.61. The molecule has 3 aromatic rings. The number of nitrogens with one attached hydrogen (secondary N) is 6. The van der Waals surface area contributed by atoms with Gasteiger partial charge in [0, 0.05) is 94.6 Å². The Morgan fingerprint density at radius 2 is 0.964 bits per heavy atom. The average molecular weight is 387 g/mol. The fourth-order valence-electron chi connectivity index (χ4n) is 2.86. The van der Waals surface area contributed by atoms with E-state index in [1.165, 1.54) is 0 Å². The number of nitrogens with zero attached hydrogens (tertiary/aromatic N) is 4. The van der Waals surface area contributed by atoms with Crippen molar-refractivity contribution in [1.29, 1.82) is 0 Å². The Labute approximate surface area is 165 Å². The quantitative estimate of drug-likeness (QED) is 0.200. The average Bonchev–Trinajstić information content (AvgIpc) is 3.48. The van der Waals surface area contributed by atoms with Crippen LogP contribution in [0, 0.1) is 0 Å². The Morgan fingerprint density at radius 1 is 0.607 bits per heavy atom.